The molecule has 1 aromatic carbocycles. The van der Waals surface area contributed by atoms with Crippen molar-refractivity contribution in [3.63, 3.8) is 0 Å². The van der Waals surface area contributed by atoms with E-state index < -0.39 is 0 Å². The molecule has 106 valence electrons. The SMILES string of the molecule is COCCNc1nc2c(s1)CC(c1ccccc1)CC2. The summed E-state index contributed by atoms with van der Waals surface area (Å²) in [5.41, 5.74) is 2.75. The summed E-state index contributed by atoms with van der Waals surface area (Å²) in [4.78, 5) is 6.15. The van der Waals surface area contributed by atoms with Crippen molar-refractivity contribution in [3.05, 3.63) is 46.5 Å². The fourth-order valence-corrected chi connectivity index (χ4v) is 3.83. The monoisotopic (exact) mass is 288 g/mol. The molecular weight excluding hydrogens is 268 g/mol. The molecule has 1 N–H and O–H groups in total. The second kappa shape index (κ2) is 6.37. The summed E-state index contributed by atoms with van der Waals surface area (Å²) in [6.07, 6.45) is 3.43. The first-order chi connectivity index (χ1) is 9.86. The zero-order chi connectivity index (χ0) is 13.8. The molecule has 1 aliphatic carbocycles. The maximum atomic E-state index is 5.05. The Hall–Kier alpha value is -1.39. The summed E-state index contributed by atoms with van der Waals surface area (Å²) in [5.74, 6) is 0.649. The Bertz CT molecular complexity index is 553. The molecule has 20 heavy (non-hydrogen) atoms. The van der Waals surface area contributed by atoms with Gasteiger partial charge in [-0.1, -0.05) is 30.3 Å². The van der Waals surface area contributed by atoms with E-state index in [9.17, 15) is 0 Å². The Kier molecular flexibility index (Phi) is 4.33. The van der Waals surface area contributed by atoms with E-state index >= 15 is 0 Å². The van der Waals surface area contributed by atoms with Gasteiger partial charge in [-0.2, -0.15) is 0 Å². The van der Waals surface area contributed by atoms with Gasteiger partial charge in [0.15, 0.2) is 5.13 Å². The van der Waals surface area contributed by atoms with Gasteiger partial charge in [0.25, 0.3) is 0 Å². The van der Waals surface area contributed by atoms with Crippen molar-refractivity contribution in [2.45, 2.75) is 25.2 Å². The fraction of sp³-hybridized carbons (Fsp3) is 0.438. The van der Waals surface area contributed by atoms with Gasteiger partial charge in [-0.05, 0) is 30.7 Å². The first kappa shape index (κ1) is 13.6. The van der Waals surface area contributed by atoms with Crippen LogP contribution in [-0.2, 0) is 17.6 Å². The Morgan fingerprint density at radius 1 is 1.35 bits per heavy atom. The molecule has 0 aliphatic heterocycles. The maximum absolute atomic E-state index is 5.05. The first-order valence-electron chi connectivity index (χ1n) is 7.13. The lowest BCUT2D eigenvalue weighted by molar-refractivity contribution is 0.211. The van der Waals surface area contributed by atoms with E-state index in [1.54, 1.807) is 18.4 Å². The molecule has 1 unspecified atom stereocenters. The van der Waals surface area contributed by atoms with Crippen LogP contribution in [0.5, 0.6) is 0 Å². The van der Waals surface area contributed by atoms with Gasteiger partial charge in [0, 0.05) is 18.5 Å². The molecule has 0 radical (unpaired) electrons. The average molecular weight is 288 g/mol. The van der Waals surface area contributed by atoms with Crippen molar-refractivity contribution in [1.82, 2.24) is 4.98 Å². The van der Waals surface area contributed by atoms with Gasteiger partial charge in [-0.3, -0.25) is 0 Å². The minimum absolute atomic E-state index is 0.649. The van der Waals surface area contributed by atoms with Crippen molar-refractivity contribution < 1.29 is 4.74 Å². The minimum Gasteiger partial charge on any atom is -0.383 e. The van der Waals surface area contributed by atoms with E-state index in [2.05, 4.69) is 35.6 Å². The lowest BCUT2D eigenvalue weighted by Gasteiger charge is -2.21. The van der Waals surface area contributed by atoms with Gasteiger partial charge in [0.2, 0.25) is 0 Å². The molecule has 4 heteroatoms. The lowest BCUT2D eigenvalue weighted by Crippen LogP contribution is -2.11. The van der Waals surface area contributed by atoms with Crippen LogP contribution < -0.4 is 5.32 Å². The van der Waals surface area contributed by atoms with Crippen LogP contribution in [0.25, 0.3) is 0 Å². The number of thiazole rings is 1. The number of fused-ring (bicyclic) bond motifs is 1. The molecule has 0 spiro atoms. The summed E-state index contributed by atoms with van der Waals surface area (Å²) < 4.78 is 5.05. The van der Waals surface area contributed by atoms with E-state index in [-0.39, 0.29) is 0 Å². The molecule has 1 atom stereocenters. The van der Waals surface area contributed by atoms with Gasteiger partial charge < -0.3 is 10.1 Å². The highest BCUT2D eigenvalue weighted by Crippen LogP contribution is 2.36. The lowest BCUT2D eigenvalue weighted by atomic mass is 9.85. The highest BCUT2D eigenvalue weighted by atomic mass is 32.1. The van der Waals surface area contributed by atoms with E-state index in [0.717, 1.165) is 31.1 Å². The minimum atomic E-state index is 0.649. The number of benzene rings is 1. The molecule has 0 fully saturated rings. The number of hydrogen-bond acceptors (Lipinski definition) is 4. The van der Waals surface area contributed by atoms with Gasteiger partial charge in [-0.25, -0.2) is 4.98 Å². The van der Waals surface area contributed by atoms with Gasteiger partial charge in [0.1, 0.15) is 0 Å². The van der Waals surface area contributed by atoms with Crippen LogP contribution >= 0.6 is 11.3 Å². The molecule has 1 aliphatic rings. The highest BCUT2D eigenvalue weighted by molar-refractivity contribution is 7.15. The predicted octanol–water partition coefficient (Wildman–Crippen LogP) is 3.47. The molecular formula is C16H20N2OS. The third-order valence-electron chi connectivity index (χ3n) is 3.79. The van der Waals surface area contributed by atoms with Crippen molar-refractivity contribution in [2.75, 3.05) is 25.6 Å². The third kappa shape index (κ3) is 3.02. The van der Waals surface area contributed by atoms with Crippen LogP contribution in [0.2, 0.25) is 0 Å². The van der Waals surface area contributed by atoms with E-state index in [0.29, 0.717) is 5.92 Å². The molecule has 3 rings (SSSR count). The van der Waals surface area contributed by atoms with Crippen molar-refractivity contribution in [2.24, 2.45) is 0 Å². The second-order valence-electron chi connectivity index (χ2n) is 5.16. The topological polar surface area (TPSA) is 34.1 Å². The van der Waals surface area contributed by atoms with Gasteiger partial charge >= 0.3 is 0 Å². The number of rotatable bonds is 5. The molecule has 0 amide bonds. The van der Waals surface area contributed by atoms with Crippen LogP contribution in [-0.4, -0.2) is 25.2 Å². The predicted molar refractivity (Wildman–Crippen MR) is 83.7 cm³/mol. The summed E-state index contributed by atoms with van der Waals surface area (Å²) in [7, 11) is 1.72. The largest absolute Gasteiger partial charge is 0.383 e. The first-order valence-corrected chi connectivity index (χ1v) is 7.95. The number of hydrogen-bond donors (Lipinski definition) is 1. The zero-order valence-electron chi connectivity index (χ0n) is 11.8. The molecule has 0 bridgehead atoms. The summed E-state index contributed by atoms with van der Waals surface area (Å²) >= 11 is 1.81. The Labute approximate surface area is 124 Å². The molecule has 3 nitrogen and oxygen atoms in total. The van der Waals surface area contributed by atoms with Crippen LogP contribution in [0, 0.1) is 0 Å². The van der Waals surface area contributed by atoms with Crippen LogP contribution in [0.15, 0.2) is 30.3 Å². The summed E-state index contributed by atoms with van der Waals surface area (Å²) in [6.45, 7) is 1.54. The molecule has 1 heterocycles. The number of ether oxygens (including phenoxy) is 1. The summed E-state index contributed by atoms with van der Waals surface area (Å²) in [6, 6.07) is 10.8. The van der Waals surface area contributed by atoms with Gasteiger partial charge in [0.05, 0.1) is 12.3 Å². The van der Waals surface area contributed by atoms with Gasteiger partial charge in [-0.15, -0.1) is 11.3 Å². The van der Waals surface area contributed by atoms with Crippen molar-refractivity contribution in [3.8, 4) is 0 Å². The number of nitrogens with one attached hydrogen (secondary N) is 1. The van der Waals surface area contributed by atoms with Crippen LogP contribution in [0.1, 0.15) is 28.5 Å². The molecule has 2 aromatic rings. The van der Waals surface area contributed by atoms with Crippen LogP contribution in [0.3, 0.4) is 0 Å². The normalized spacial score (nSPS) is 17.8. The molecule has 0 saturated heterocycles. The fourth-order valence-electron chi connectivity index (χ4n) is 2.72. The number of anilines is 1. The Morgan fingerprint density at radius 3 is 3.00 bits per heavy atom. The Balaban J connectivity index is 1.68. The second-order valence-corrected chi connectivity index (χ2v) is 6.24. The smallest absolute Gasteiger partial charge is 0.183 e. The van der Waals surface area contributed by atoms with Crippen LogP contribution in [0.4, 0.5) is 5.13 Å². The van der Waals surface area contributed by atoms with Crippen molar-refractivity contribution in [1.29, 1.82) is 0 Å². The van der Waals surface area contributed by atoms with E-state index in [4.69, 9.17) is 9.72 Å². The van der Waals surface area contributed by atoms with E-state index in [1.807, 2.05) is 0 Å². The maximum Gasteiger partial charge on any atom is 0.183 e. The Morgan fingerprint density at radius 2 is 2.20 bits per heavy atom. The molecule has 1 aromatic heterocycles. The highest BCUT2D eigenvalue weighted by Gasteiger charge is 2.23. The third-order valence-corrected chi connectivity index (χ3v) is 4.87. The number of aryl methyl sites for hydroxylation is 1. The molecule has 0 saturated carbocycles. The number of aromatic nitrogens is 1. The van der Waals surface area contributed by atoms with E-state index in [1.165, 1.54) is 22.6 Å². The number of methoxy groups -OCH3 is 1. The summed E-state index contributed by atoms with van der Waals surface area (Å²) in [5, 5.41) is 4.38. The average Bonchev–Trinajstić information content (AvgIpc) is 2.90. The number of nitrogens with zero attached hydrogens (tertiary/aromatic N) is 1. The standard InChI is InChI=1S/C16H20N2OS/c1-19-10-9-17-16-18-14-8-7-13(11-15(14)20-16)12-5-3-2-4-6-12/h2-6,13H,7-11H2,1H3,(H,17,18). The van der Waals surface area contributed by atoms with Crippen molar-refractivity contribution >= 4 is 16.5 Å². The quantitative estimate of drug-likeness (QED) is 0.855. The zero-order valence-corrected chi connectivity index (χ0v) is 12.6.